The predicted molar refractivity (Wildman–Crippen MR) is 54.9 cm³/mol. The fourth-order valence-electron chi connectivity index (χ4n) is 1.12. The van der Waals surface area contributed by atoms with Gasteiger partial charge in [0.2, 0.25) is 0 Å². The third-order valence-corrected chi connectivity index (χ3v) is 2.20. The van der Waals surface area contributed by atoms with Crippen molar-refractivity contribution in [2.45, 2.75) is 6.32 Å². The fraction of sp³-hybridized carbons (Fsp3) is 0.222. The van der Waals surface area contributed by atoms with Gasteiger partial charge in [0.05, 0.1) is 20.5 Å². The van der Waals surface area contributed by atoms with Gasteiger partial charge in [-0.05, 0) is 17.7 Å². The molecule has 0 unspecified atom stereocenters. The predicted octanol–water partition coefficient (Wildman–Crippen LogP) is 2.04. The molecule has 0 spiro atoms. The molecule has 0 N–H and O–H groups in total. The first kappa shape index (κ1) is 11.2. The minimum Gasteiger partial charge on any atom is -0.465 e. The van der Waals surface area contributed by atoms with Gasteiger partial charge in [-0.3, -0.25) is 0 Å². The number of hydrogen-bond donors (Lipinski definition) is 0. The van der Waals surface area contributed by atoms with Gasteiger partial charge in [0.1, 0.15) is 5.82 Å². The molecule has 0 amide bonds. The highest BCUT2D eigenvalue weighted by atomic mass is 79.9. The van der Waals surface area contributed by atoms with Crippen LogP contribution in [-0.4, -0.2) is 20.9 Å². The second kappa shape index (κ2) is 4.60. The van der Waals surface area contributed by atoms with Crippen molar-refractivity contribution in [1.29, 1.82) is 0 Å². The lowest BCUT2D eigenvalue weighted by atomic mass is 9.93. The molecule has 2 radical (unpaired) electrons. The van der Waals surface area contributed by atoms with Crippen molar-refractivity contribution in [3.8, 4) is 0 Å². The van der Waals surface area contributed by atoms with Gasteiger partial charge in [0.25, 0.3) is 0 Å². The van der Waals surface area contributed by atoms with Crippen LogP contribution in [0.25, 0.3) is 0 Å². The molecule has 14 heavy (non-hydrogen) atoms. The van der Waals surface area contributed by atoms with Gasteiger partial charge in [0, 0.05) is 4.47 Å². The zero-order valence-corrected chi connectivity index (χ0v) is 9.10. The maximum absolute atomic E-state index is 13.3. The second-order valence-electron chi connectivity index (χ2n) is 2.62. The highest BCUT2D eigenvalue weighted by molar-refractivity contribution is 9.10. The molecule has 0 aliphatic heterocycles. The molecule has 0 saturated heterocycles. The first-order chi connectivity index (χ1) is 6.60. The molecule has 0 aromatic heterocycles. The van der Waals surface area contributed by atoms with Gasteiger partial charge in [-0.2, -0.15) is 0 Å². The third kappa shape index (κ3) is 2.15. The summed E-state index contributed by atoms with van der Waals surface area (Å²) >= 11 is 3.11. The van der Waals surface area contributed by atoms with E-state index in [1.165, 1.54) is 13.2 Å². The zero-order chi connectivity index (χ0) is 10.7. The summed E-state index contributed by atoms with van der Waals surface area (Å²) in [5.41, 5.74) is 0.321. The van der Waals surface area contributed by atoms with Crippen molar-refractivity contribution in [2.75, 3.05) is 7.11 Å². The summed E-state index contributed by atoms with van der Waals surface area (Å²) in [6.45, 7) is 0. The average Bonchev–Trinajstić information content (AvgIpc) is 2.15. The summed E-state index contributed by atoms with van der Waals surface area (Å²) < 4.78 is 18.3. The average molecular weight is 257 g/mol. The van der Waals surface area contributed by atoms with Crippen LogP contribution in [0.1, 0.15) is 15.9 Å². The molecule has 2 nitrogen and oxygen atoms in total. The van der Waals surface area contributed by atoms with Crippen LogP contribution in [0.4, 0.5) is 4.39 Å². The molecular formula is C9H7BBrFO2. The van der Waals surface area contributed by atoms with Crippen molar-refractivity contribution >= 4 is 29.7 Å². The normalized spacial score (nSPS) is 9.93. The lowest BCUT2D eigenvalue weighted by Gasteiger charge is -2.07. The molecule has 0 saturated carbocycles. The maximum atomic E-state index is 13.3. The molecule has 0 heterocycles. The number of ether oxygens (including phenoxy) is 1. The van der Waals surface area contributed by atoms with Crippen molar-refractivity contribution in [1.82, 2.24) is 0 Å². The van der Waals surface area contributed by atoms with E-state index in [1.54, 1.807) is 6.07 Å². The van der Waals surface area contributed by atoms with E-state index in [4.69, 9.17) is 7.85 Å². The van der Waals surface area contributed by atoms with Crippen LogP contribution < -0.4 is 0 Å². The van der Waals surface area contributed by atoms with Gasteiger partial charge in [0.15, 0.2) is 0 Å². The number of esters is 1. The monoisotopic (exact) mass is 256 g/mol. The van der Waals surface area contributed by atoms with Crippen molar-refractivity contribution in [3.05, 3.63) is 33.5 Å². The smallest absolute Gasteiger partial charge is 0.341 e. The Morgan fingerprint density at radius 1 is 1.64 bits per heavy atom. The minimum atomic E-state index is -0.713. The van der Waals surface area contributed by atoms with Crippen LogP contribution in [0.5, 0.6) is 0 Å². The topological polar surface area (TPSA) is 26.3 Å². The van der Waals surface area contributed by atoms with E-state index in [0.29, 0.717) is 10.0 Å². The van der Waals surface area contributed by atoms with Gasteiger partial charge in [-0.25, -0.2) is 9.18 Å². The maximum Gasteiger partial charge on any atom is 0.341 e. The van der Waals surface area contributed by atoms with Crippen molar-refractivity contribution < 1.29 is 13.9 Å². The quantitative estimate of drug-likeness (QED) is 0.598. The largest absolute Gasteiger partial charge is 0.465 e. The van der Waals surface area contributed by atoms with Crippen LogP contribution in [0, 0.1) is 5.82 Å². The Labute approximate surface area is 91.0 Å². The third-order valence-electron chi connectivity index (χ3n) is 1.75. The number of methoxy groups -OCH3 is 1. The van der Waals surface area contributed by atoms with Crippen LogP contribution >= 0.6 is 15.9 Å². The Bertz CT molecular complexity index is 368. The molecule has 72 valence electrons. The standard InChI is InChI=1S/C9H7BBrFO2/c1-14-9(13)8-5(4-10)2-6(11)3-7(8)12/h2-3H,4H2,1H3. The second-order valence-corrected chi connectivity index (χ2v) is 3.53. The van der Waals surface area contributed by atoms with E-state index in [1.807, 2.05) is 0 Å². The van der Waals surface area contributed by atoms with Gasteiger partial charge >= 0.3 is 5.97 Å². The van der Waals surface area contributed by atoms with E-state index >= 15 is 0 Å². The highest BCUT2D eigenvalue weighted by Gasteiger charge is 2.16. The summed E-state index contributed by atoms with van der Waals surface area (Å²) in [5.74, 6) is -1.35. The number of halogens is 2. The summed E-state index contributed by atoms with van der Waals surface area (Å²) in [5, 5.41) is 0. The number of rotatable bonds is 2. The molecule has 0 aliphatic carbocycles. The summed E-state index contributed by atoms with van der Waals surface area (Å²) in [7, 11) is 6.58. The Balaban J connectivity index is 3.32. The Morgan fingerprint density at radius 2 is 2.29 bits per heavy atom. The van der Waals surface area contributed by atoms with Gasteiger partial charge in [-0.15, -0.1) is 0 Å². The lowest BCUT2D eigenvalue weighted by Crippen LogP contribution is -2.09. The van der Waals surface area contributed by atoms with E-state index in [9.17, 15) is 9.18 Å². The van der Waals surface area contributed by atoms with E-state index in [0.717, 1.165) is 0 Å². The molecule has 0 fully saturated rings. The fourth-order valence-corrected chi connectivity index (χ4v) is 1.60. The Morgan fingerprint density at radius 3 is 2.79 bits per heavy atom. The molecule has 1 rings (SSSR count). The van der Waals surface area contributed by atoms with Crippen LogP contribution in [0.2, 0.25) is 0 Å². The molecular weight excluding hydrogens is 250 g/mol. The summed E-state index contributed by atoms with van der Waals surface area (Å²) in [6, 6.07) is 2.79. The van der Waals surface area contributed by atoms with E-state index in [2.05, 4.69) is 20.7 Å². The van der Waals surface area contributed by atoms with E-state index < -0.39 is 11.8 Å². The number of carbonyl (C=O) groups is 1. The summed E-state index contributed by atoms with van der Waals surface area (Å²) in [4.78, 5) is 11.2. The number of carbonyl (C=O) groups excluding carboxylic acids is 1. The molecule has 0 aliphatic rings. The molecule has 1 aromatic rings. The number of hydrogen-bond acceptors (Lipinski definition) is 2. The molecule has 5 heteroatoms. The first-order valence-corrected chi connectivity index (χ1v) is 4.65. The number of benzene rings is 1. The highest BCUT2D eigenvalue weighted by Crippen LogP contribution is 2.21. The first-order valence-electron chi connectivity index (χ1n) is 3.86. The SMILES string of the molecule is [B]Cc1cc(Br)cc(F)c1C(=O)OC. The van der Waals surface area contributed by atoms with Crippen LogP contribution in [-0.2, 0) is 11.1 Å². The van der Waals surface area contributed by atoms with Crippen LogP contribution in [0.3, 0.4) is 0 Å². The molecule has 1 aromatic carbocycles. The van der Waals surface area contributed by atoms with Gasteiger partial charge in [-0.1, -0.05) is 22.3 Å². The lowest BCUT2D eigenvalue weighted by molar-refractivity contribution is 0.0594. The van der Waals surface area contributed by atoms with Crippen LogP contribution in [0.15, 0.2) is 16.6 Å². The summed E-state index contributed by atoms with van der Waals surface area (Å²) in [6.07, 6.45) is 0.0841. The van der Waals surface area contributed by atoms with Gasteiger partial charge < -0.3 is 4.74 Å². The molecule has 0 bridgehead atoms. The molecule has 0 atom stereocenters. The Kier molecular flexibility index (Phi) is 3.69. The zero-order valence-electron chi connectivity index (χ0n) is 7.51. The van der Waals surface area contributed by atoms with E-state index in [-0.39, 0.29) is 11.9 Å². The Hall–Kier alpha value is -0.835. The van der Waals surface area contributed by atoms with Crippen molar-refractivity contribution in [3.63, 3.8) is 0 Å². The van der Waals surface area contributed by atoms with Crippen molar-refractivity contribution in [2.24, 2.45) is 0 Å². The minimum absolute atomic E-state index is 0.0841.